The third kappa shape index (κ3) is 6.67. The fourth-order valence-electron chi connectivity index (χ4n) is 2.42. The van der Waals surface area contributed by atoms with Gasteiger partial charge in [-0.05, 0) is 57.0 Å². The molecule has 5 heteroatoms. The van der Waals surface area contributed by atoms with Gasteiger partial charge in [0.05, 0.1) is 0 Å². The number of urea groups is 1. The van der Waals surface area contributed by atoms with Gasteiger partial charge in [0.15, 0.2) is 0 Å². The van der Waals surface area contributed by atoms with Crippen LogP contribution in [0.5, 0.6) is 0 Å². The quantitative estimate of drug-likeness (QED) is 0.741. The molecular weight excluding hydrogens is 314 g/mol. The summed E-state index contributed by atoms with van der Waals surface area (Å²) in [4.78, 5) is 23.7. The van der Waals surface area contributed by atoms with E-state index in [2.05, 4.69) is 22.0 Å². The van der Waals surface area contributed by atoms with E-state index in [-0.39, 0.29) is 18.0 Å². The summed E-state index contributed by atoms with van der Waals surface area (Å²) >= 11 is 0. The third-order valence-corrected chi connectivity index (χ3v) is 3.57. The van der Waals surface area contributed by atoms with Crippen molar-refractivity contribution in [2.75, 3.05) is 10.6 Å². The summed E-state index contributed by atoms with van der Waals surface area (Å²) in [6, 6.07) is 15.1. The van der Waals surface area contributed by atoms with Gasteiger partial charge in [0.1, 0.15) is 0 Å². The monoisotopic (exact) mass is 339 g/mol. The summed E-state index contributed by atoms with van der Waals surface area (Å²) < 4.78 is 0. The second kappa shape index (κ2) is 8.87. The smallest absolute Gasteiger partial charge is 0.319 e. The zero-order valence-electron chi connectivity index (χ0n) is 14.9. The molecule has 0 aliphatic carbocycles. The largest absolute Gasteiger partial charge is 0.336 e. The topological polar surface area (TPSA) is 70.2 Å². The Balaban J connectivity index is 1.82. The molecule has 0 saturated carbocycles. The van der Waals surface area contributed by atoms with Gasteiger partial charge in [-0.2, -0.15) is 0 Å². The average Bonchev–Trinajstić information content (AvgIpc) is 2.54. The van der Waals surface area contributed by atoms with E-state index >= 15 is 0 Å². The van der Waals surface area contributed by atoms with Gasteiger partial charge in [-0.25, -0.2) is 4.79 Å². The maximum atomic E-state index is 12.1. The minimum absolute atomic E-state index is 0.0280. The van der Waals surface area contributed by atoms with Gasteiger partial charge >= 0.3 is 6.03 Å². The summed E-state index contributed by atoms with van der Waals surface area (Å²) in [5, 5.41) is 8.37. The number of hydrogen-bond acceptors (Lipinski definition) is 2. The number of hydrogen-bond donors (Lipinski definition) is 3. The molecule has 25 heavy (non-hydrogen) atoms. The van der Waals surface area contributed by atoms with Gasteiger partial charge in [-0.3, -0.25) is 4.79 Å². The van der Waals surface area contributed by atoms with Gasteiger partial charge in [-0.1, -0.05) is 29.8 Å². The van der Waals surface area contributed by atoms with Crippen LogP contribution in [0.15, 0.2) is 48.5 Å². The van der Waals surface area contributed by atoms with Gasteiger partial charge in [-0.15, -0.1) is 0 Å². The van der Waals surface area contributed by atoms with E-state index in [1.807, 2.05) is 39.0 Å². The van der Waals surface area contributed by atoms with Crippen molar-refractivity contribution in [2.24, 2.45) is 0 Å². The van der Waals surface area contributed by atoms with Crippen molar-refractivity contribution in [1.82, 2.24) is 5.32 Å². The highest BCUT2D eigenvalue weighted by Gasteiger charge is 2.05. The Morgan fingerprint density at radius 3 is 2.20 bits per heavy atom. The molecule has 0 saturated heterocycles. The minimum Gasteiger partial charge on any atom is -0.336 e. The Hall–Kier alpha value is -2.82. The molecule has 2 rings (SSSR count). The van der Waals surface area contributed by atoms with Crippen LogP contribution in [0.2, 0.25) is 0 Å². The number of nitrogens with one attached hydrogen (secondary N) is 3. The normalized spacial score (nSPS) is 10.4. The van der Waals surface area contributed by atoms with E-state index in [1.165, 1.54) is 5.56 Å². The molecule has 0 aliphatic rings. The summed E-state index contributed by atoms with van der Waals surface area (Å²) in [7, 11) is 0. The second-order valence-electron chi connectivity index (χ2n) is 6.37. The molecular formula is C20H25N3O2. The fourth-order valence-corrected chi connectivity index (χ4v) is 2.42. The SMILES string of the molecule is Cc1cccc(CCC(=O)Nc2ccc(NC(=O)NC(C)C)cc2)c1. The number of carbonyl (C=O) groups is 2. The first-order valence-corrected chi connectivity index (χ1v) is 8.45. The molecule has 3 N–H and O–H groups in total. The first-order chi connectivity index (χ1) is 11.9. The Morgan fingerprint density at radius 2 is 1.60 bits per heavy atom. The van der Waals surface area contributed by atoms with E-state index in [9.17, 15) is 9.59 Å². The molecule has 0 heterocycles. The maximum Gasteiger partial charge on any atom is 0.319 e. The van der Waals surface area contributed by atoms with E-state index in [4.69, 9.17) is 0 Å². The first-order valence-electron chi connectivity index (χ1n) is 8.45. The van der Waals surface area contributed by atoms with Crippen LogP contribution in [0.1, 0.15) is 31.4 Å². The molecule has 0 radical (unpaired) electrons. The van der Waals surface area contributed by atoms with Crippen molar-refractivity contribution < 1.29 is 9.59 Å². The molecule has 0 atom stereocenters. The van der Waals surface area contributed by atoms with E-state index < -0.39 is 0 Å². The number of rotatable bonds is 6. The predicted molar refractivity (Wildman–Crippen MR) is 102 cm³/mol. The van der Waals surface area contributed by atoms with E-state index in [0.29, 0.717) is 24.2 Å². The van der Waals surface area contributed by atoms with Crippen molar-refractivity contribution in [2.45, 2.75) is 39.7 Å². The third-order valence-electron chi connectivity index (χ3n) is 3.57. The first kappa shape index (κ1) is 18.5. The van der Waals surface area contributed by atoms with Crippen LogP contribution in [-0.2, 0) is 11.2 Å². The van der Waals surface area contributed by atoms with E-state index in [1.54, 1.807) is 24.3 Å². The number of aryl methyl sites for hydroxylation is 2. The fraction of sp³-hybridized carbons (Fsp3) is 0.300. The molecule has 0 bridgehead atoms. The van der Waals surface area contributed by atoms with Crippen LogP contribution in [0.3, 0.4) is 0 Å². The Morgan fingerprint density at radius 1 is 0.960 bits per heavy atom. The minimum atomic E-state index is -0.245. The van der Waals surface area contributed by atoms with Crippen LogP contribution in [0, 0.1) is 6.92 Å². The van der Waals surface area contributed by atoms with E-state index in [0.717, 1.165) is 5.56 Å². The van der Waals surface area contributed by atoms with Crippen molar-refractivity contribution in [3.63, 3.8) is 0 Å². The number of benzene rings is 2. The van der Waals surface area contributed by atoms with Crippen molar-refractivity contribution in [3.8, 4) is 0 Å². The predicted octanol–water partition coefficient (Wildman–Crippen LogP) is 4.10. The van der Waals surface area contributed by atoms with Crippen molar-refractivity contribution >= 4 is 23.3 Å². The average molecular weight is 339 g/mol. The standard InChI is InChI=1S/C20H25N3O2/c1-14(2)21-20(25)23-18-10-8-17(9-11-18)22-19(24)12-7-16-6-4-5-15(3)13-16/h4-6,8-11,13-14H,7,12H2,1-3H3,(H,22,24)(H2,21,23,25). The van der Waals surface area contributed by atoms with Crippen LogP contribution in [0.4, 0.5) is 16.2 Å². The molecule has 2 aromatic rings. The molecule has 0 unspecified atom stereocenters. The van der Waals surface area contributed by atoms with Crippen LogP contribution in [-0.4, -0.2) is 18.0 Å². The van der Waals surface area contributed by atoms with Crippen molar-refractivity contribution in [3.05, 3.63) is 59.7 Å². The molecule has 0 fully saturated rings. The molecule has 2 aromatic carbocycles. The van der Waals surface area contributed by atoms with Gasteiger partial charge in [0.2, 0.25) is 5.91 Å². The Labute approximate surface area is 148 Å². The molecule has 0 spiro atoms. The molecule has 5 nitrogen and oxygen atoms in total. The maximum absolute atomic E-state index is 12.1. The Bertz CT molecular complexity index is 724. The van der Waals surface area contributed by atoms with Crippen LogP contribution >= 0.6 is 0 Å². The lowest BCUT2D eigenvalue weighted by atomic mass is 10.1. The number of amides is 3. The highest BCUT2D eigenvalue weighted by atomic mass is 16.2. The summed E-state index contributed by atoms with van der Waals surface area (Å²) in [6.07, 6.45) is 1.14. The second-order valence-corrected chi connectivity index (χ2v) is 6.37. The van der Waals surface area contributed by atoms with Gasteiger partial charge in [0.25, 0.3) is 0 Å². The molecule has 0 aromatic heterocycles. The molecule has 0 aliphatic heterocycles. The molecule has 132 valence electrons. The lowest BCUT2D eigenvalue weighted by Crippen LogP contribution is -2.34. The zero-order chi connectivity index (χ0) is 18.2. The number of anilines is 2. The lowest BCUT2D eigenvalue weighted by Gasteiger charge is -2.11. The highest BCUT2D eigenvalue weighted by molar-refractivity contribution is 5.92. The number of carbonyl (C=O) groups excluding carboxylic acids is 2. The molecule has 3 amide bonds. The van der Waals surface area contributed by atoms with Gasteiger partial charge in [0, 0.05) is 23.8 Å². The highest BCUT2D eigenvalue weighted by Crippen LogP contribution is 2.14. The van der Waals surface area contributed by atoms with Crippen molar-refractivity contribution in [1.29, 1.82) is 0 Å². The summed E-state index contributed by atoms with van der Waals surface area (Å²) in [5.41, 5.74) is 3.74. The van der Waals surface area contributed by atoms with Gasteiger partial charge < -0.3 is 16.0 Å². The summed E-state index contributed by atoms with van der Waals surface area (Å²) in [6.45, 7) is 5.84. The van der Waals surface area contributed by atoms with Crippen LogP contribution in [0.25, 0.3) is 0 Å². The lowest BCUT2D eigenvalue weighted by molar-refractivity contribution is -0.116. The Kier molecular flexibility index (Phi) is 6.57. The summed E-state index contributed by atoms with van der Waals surface area (Å²) in [5.74, 6) is -0.0280. The zero-order valence-corrected chi connectivity index (χ0v) is 14.9. The van der Waals surface area contributed by atoms with Crippen LogP contribution < -0.4 is 16.0 Å².